The molecule has 1 fully saturated rings. The second-order valence-electron chi connectivity index (χ2n) is 6.85. The summed E-state index contributed by atoms with van der Waals surface area (Å²) in [6.07, 6.45) is 0.521. The number of aromatic hydroxyl groups is 1. The number of quaternary nitrogens is 1. The monoisotopic (exact) mass is 411 g/mol. The Kier molecular flexibility index (Phi) is 6.32. The van der Waals surface area contributed by atoms with Crippen LogP contribution in [0.25, 0.3) is 0 Å². The van der Waals surface area contributed by atoms with Gasteiger partial charge >= 0.3 is 0 Å². The number of hydrogen-bond acceptors (Lipinski definition) is 5. The summed E-state index contributed by atoms with van der Waals surface area (Å²) < 4.78 is 27.8. The van der Waals surface area contributed by atoms with Crippen LogP contribution in [0.1, 0.15) is 6.42 Å². The third-order valence-corrected chi connectivity index (χ3v) is 6.70. The van der Waals surface area contributed by atoms with Crippen molar-refractivity contribution in [3.8, 4) is 5.75 Å². The highest BCUT2D eigenvalue weighted by Gasteiger charge is 2.27. The zero-order valence-electron chi connectivity index (χ0n) is 14.4. The number of benzene rings is 1. The van der Waals surface area contributed by atoms with E-state index in [1.54, 1.807) is 0 Å². The van der Waals surface area contributed by atoms with Crippen molar-refractivity contribution in [2.24, 2.45) is 0 Å². The van der Waals surface area contributed by atoms with E-state index in [2.05, 4.69) is 23.7 Å². The van der Waals surface area contributed by atoms with E-state index in [9.17, 15) is 13.5 Å². The molecule has 0 aliphatic carbocycles. The molecule has 142 valence electrons. The third kappa shape index (κ3) is 5.27. The van der Waals surface area contributed by atoms with Crippen molar-refractivity contribution in [3.05, 3.63) is 16.1 Å². The van der Waals surface area contributed by atoms with Gasteiger partial charge in [-0.25, -0.2) is 8.42 Å². The van der Waals surface area contributed by atoms with Crippen LogP contribution in [0.4, 0.5) is 11.4 Å². The van der Waals surface area contributed by atoms with Gasteiger partial charge in [0.25, 0.3) is 0 Å². The topological polar surface area (TPSA) is 95.7 Å². The van der Waals surface area contributed by atoms with Crippen molar-refractivity contribution in [1.29, 1.82) is 0 Å². The summed E-state index contributed by atoms with van der Waals surface area (Å²) in [4.78, 5) is 2.27. The number of likely N-dealkylation sites (N-methyl/N-ethyl adjacent to an activating group) is 2. The number of phenols is 1. The van der Waals surface area contributed by atoms with E-state index in [1.807, 2.05) is 0 Å². The summed E-state index contributed by atoms with van der Waals surface area (Å²) in [6, 6.07) is 1.25. The van der Waals surface area contributed by atoms with Crippen LogP contribution in [0.5, 0.6) is 5.75 Å². The molecule has 10 heteroatoms. The Bertz CT molecular complexity index is 735. The van der Waals surface area contributed by atoms with Crippen LogP contribution in [0.2, 0.25) is 10.0 Å². The SMILES string of the molecule is CN1CC[N+](C)(CCCS(=O)(=O)Nc2cc(Cl)c(N)c(Cl)c2O)CC1. The van der Waals surface area contributed by atoms with Crippen LogP contribution in [-0.4, -0.2) is 75.5 Å². The van der Waals surface area contributed by atoms with Gasteiger partial charge in [-0.1, -0.05) is 23.2 Å². The molecule has 7 nitrogen and oxygen atoms in total. The number of nitrogens with two attached hydrogens (primary N) is 1. The number of nitrogens with zero attached hydrogens (tertiary/aromatic N) is 2. The van der Waals surface area contributed by atoms with Crippen LogP contribution in [0, 0.1) is 0 Å². The van der Waals surface area contributed by atoms with Crippen molar-refractivity contribution in [2.45, 2.75) is 6.42 Å². The lowest BCUT2D eigenvalue weighted by atomic mass is 10.2. The highest BCUT2D eigenvalue weighted by atomic mass is 35.5. The Morgan fingerprint density at radius 1 is 1.36 bits per heavy atom. The van der Waals surface area contributed by atoms with Gasteiger partial charge < -0.3 is 15.3 Å². The van der Waals surface area contributed by atoms with Crippen LogP contribution in [0.3, 0.4) is 0 Å². The second kappa shape index (κ2) is 7.75. The molecule has 0 spiro atoms. The zero-order valence-corrected chi connectivity index (χ0v) is 16.8. The fraction of sp³-hybridized carbons (Fsp3) is 0.600. The van der Waals surface area contributed by atoms with E-state index < -0.39 is 15.8 Å². The third-order valence-electron chi connectivity index (χ3n) is 4.65. The number of rotatable bonds is 6. The van der Waals surface area contributed by atoms with Crippen LogP contribution >= 0.6 is 23.2 Å². The summed E-state index contributed by atoms with van der Waals surface area (Å²) in [5.74, 6) is -0.472. The molecule has 1 aliphatic rings. The molecule has 0 unspecified atom stereocenters. The quantitative estimate of drug-likeness (QED) is 0.376. The summed E-state index contributed by atoms with van der Waals surface area (Å²) >= 11 is 11.7. The molecule has 0 saturated carbocycles. The van der Waals surface area contributed by atoms with Gasteiger partial charge in [-0.05, 0) is 13.1 Å². The highest BCUT2D eigenvalue weighted by Crippen LogP contribution is 2.41. The number of hydrogen-bond donors (Lipinski definition) is 3. The van der Waals surface area contributed by atoms with Gasteiger partial charge in [-0.15, -0.1) is 0 Å². The lowest BCUT2D eigenvalue weighted by Gasteiger charge is -2.41. The van der Waals surface area contributed by atoms with Gasteiger partial charge in [0.15, 0.2) is 5.75 Å². The molecule has 1 aliphatic heterocycles. The zero-order chi connectivity index (χ0) is 18.8. The number of phenolic OH excluding ortho intramolecular Hbond substituents is 1. The first-order valence-corrected chi connectivity index (χ1v) is 10.4. The fourth-order valence-electron chi connectivity index (χ4n) is 2.83. The fourth-order valence-corrected chi connectivity index (χ4v) is 4.39. The molecule has 0 amide bonds. The van der Waals surface area contributed by atoms with E-state index in [0.29, 0.717) is 6.42 Å². The molecule has 25 heavy (non-hydrogen) atoms. The van der Waals surface area contributed by atoms with E-state index in [1.165, 1.54) is 6.07 Å². The first-order chi connectivity index (χ1) is 11.5. The average Bonchev–Trinajstić information content (AvgIpc) is 2.53. The highest BCUT2D eigenvalue weighted by molar-refractivity contribution is 7.92. The number of nitrogens with one attached hydrogen (secondary N) is 1. The summed E-state index contributed by atoms with van der Waals surface area (Å²) in [5.41, 5.74) is 5.54. The number of anilines is 2. The Labute approximate surface area is 158 Å². The first-order valence-electron chi connectivity index (χ1n) is 8.02. The Morgan fingerprint density at radius 2 is 1.96 bits per heavy atom. The van der Waals surface area contributed by atoms with Crippen LogP contribution in [-0.2, 0) is 10.0 Å². The molecule has 0 aromatic heterocycles. The van der Waals surface area contributed by atoms with E-state index in [-0.39, 0.29) is 27.2 Å². The maximum Gasteiger partial charge on any atom is 0.233 e. The van der Waals surface area contributed by atoms with Crippen molar-refractivity contribution >= 4 is 44.6 Å². The normalized spacial score (nSPS) is 18.2. The minimum absolute atomic E-state index is 0.0104. The largest absolute Gasteiger partial charge is 0.504 e. The number of nitrogen functional groups attached to an aromatic ring is 1. The molecular formula is C15H25Cl2N4O3S+. The predicted molar refractivity (Wildman–Crippen MR) is 103 cm³/mol. The second-order valence-corrected chi connectivity index (χ2v) is 9.48. The first kappa shape index (κ1) is 20.4. The van der Waals surface area contributed by atoms with Gasteiger partial charge in [0, 0.05) is 19.5 Å². The maximum atomic E-state index is 12.3. The Balaban J connectivity index is 1.97. The number of piperazine rings is 1. The van der Waals surface area contributed by atoms with Gasteiger partial charge in [0.05, 0.1) is 48.8 Å². The Morgan fingerprint density at radius 3 is 2.56 bits per heavy atom. The molecule has 1 saturated heterocycles. The molecule has 2 rings (SSSR count). The van der Waals surface area contributed by atoms with Crippen molar-refractivity contribution in [2.75, 3.05) is 63.0 Å². The molecule has 4 N–H and O–H groups in total. The maximum absolute atomic E-state index is 12.3. The van der Waals surface area contributed by atoms with Crippen molar-refractivity contribution in [1.82, 2.24) is 4.90 Å². The Hall–Kier alpha value is -0.930. The summed E-state index contributed by atoms with van der Waals surface area (Å²) in [7, 11) is 0.611. The lowest BCUT2D eigenvalue weighted by molar-refractivity contribution is -0.913. The molecular weight excluding hydrogens is 387 g/mol. The predicted octanol–water partition coefficient (Wildman–Crippen LogP) is 1.80. The van der Waals surface area contributed by atoms with Gasteiger partial charge in [0.1, 0.15) is 5.02 Å². The van der Waals surface area contributed by atoms with E-state index in [4.69, 9.17) is 28.9 Å². The standard InChI is InChI=1S/C15H24Cl2N4O3S/c1-20-4-7-21(2,8-5-20)6-3-9-25(23,24)19-12-10-11(16)14(18)13(17)15(12)22/h10,19H,3-9,18H2,1-2H3/p+1. The molecule has 1 aromatic rings. The van der Waals surface area contributed by atoms with Gasteiger partial charge in [-0.3, -0.25) is 9.62 Å². The smallest absolute Gasteiger partial charge is 0.233 e. The van der Waals surface area contributed by atoms with Gasteiger partial charge in [-0.2, -0.15) is 0 Å². The molecule has 0 bridgehead atoms. The van der Waals surface area contributed by atoms with Gasteiger partial charge in [0.2, 0.25) is 10.0 Å². The summed E-state index contributed by atoms with van der Waals surface area (Å²) in [5, 5.41) is 9.87. The number of halogens is 2. The van der Waals surface area contributed by atoms with Crippen LogP contribution < -0.4 is 10.5 Å². The molecule has 1 heterocycles. The molecule has 1 aromatic carbocycles. The molecule has 0 atom stereocenters. The van der Waals surface area contributed by atoms with E-state index >= 15 is 0 Å². The lowest BCUT2D eigenvalue weighted by Crippen LogP contribution is -2.56. The minimum atomic E-state index is -3.63. The summed E-state index contributed by atoms with van der Waals surface area (Å²) in [6.45, 7) is 4.82. The van der Waals surface area contributed by atoms with Crippen molar-refractivity contribution in [3.63, 3.8) is 0 Å². The molecule has 0 radical (unpaired) electrons. The van der Waals surface area contributed by atoms with E-state index in [0.717, 1.165) is 37.2 Å². The van der Waals surface area contributed by atoms with Crippen LogP contribution in [0.15, 0.2) is 6.07 Å². The average molecular weight is 412 g/mol. The van der Waals surface area contributed by atoms with Crippen molar-refractivity contribution < 1.29 is 18.0 Å². The minimum Gasteiger partial charge on any atom is -0.504 e. The number of sulfonamides is 1.